The molecule has 0 radical (unpaired) electrons. The van der Waals surface area contributed by atoms with Crippen molar-refractivity contribution in [1.82, 2.24) is 15.1 Å². The molecule has 0 aromatic heterocycles. The molecule has 2 aromatic rings. The first-order valence-corrected chi connectivity index (χ1v) is 9.37. The van der Waals surface area contributed by atoms with Gasteiger partial charge < -0.3 is 10.2 Å². The molecule has 1 N–H and O–H groups in total. The molecule has 146 valence electrons. The second-order valence-electron chi connectivity index (χ2n) is 6.68. The lowest BCUT2D eigenvalue weighted by atomic mass is 10.2. The maximum atomic E-state index is 12.9. The molecule has 1 saturated heterocycles. The number of rotatable bonds is 6. The summed E-state index contributed by atoms with van der Waals surface area (Å²) in [5.74, 6) is -0.878. The number of hydrogen-bond donors (Lipinski definition) is 1. The Kier molecular flexibility index (Phi) is 6.92. The average molecular weight is 381 g/mol. The van der Waals surface area contributed by atoms with Crippen molar-refractivity contribution in [3.05, 3.63) is 77.6 Å². The van der Waals surface area contributed by atoms with Gasteiger partial charge in [-0.25, -0.2) is 4.39 Å². The van der Waals surface area contributed by atoms with Crippen molar-refractivity contribution < 1.29 is 14.0 Å². The Labute approximate surface area is 164 Å². The predicted octanol–water partition coefficient (Wildman–Crippen LogP) is 2.41. The Morgan fingerprint density at radius 2 is 1.64 bits per heavy atom. The van der Waals surface area contributed by atoms with Gasteiger partial charge in [-0.15, -0.1) is 0 Å². The number of carbonyl (C=O) groups excluding carboxylic acids is 2. The van der Waals surface area contributed by atoms with Crippen LogP contribution >= 0.6 is 0 Å². The van der Waals surface area contributed by atoms with Gasteiger partial charge in [-0.2, -0.15) is 0 Å². The van der Waals surface area contributed by atoms with Gasteiger partial charge in [0.2, 0.25) is 5.91 Å². The van der Waals surface area contributed by atoms with Gasteiger partial charge >= 0.3 is 0 Å². The zero-order chi connectivity index (χ0) is 19.8. The minimum Gasteiger partial charge on any atom is -0.343 e. The minimum absolute atomic E-state index is 0.0515. The van der Waals surface area contributed by atoms with Crippen LogP contribution in [0.2, 0.25) is 0 Å². The molecule has 1 fully saturated rings. The topological polar surface area (TPSA) is 52.7 Å². The second kappa shape index (κ2) is 9.80. The summed E-state index contributed by atoms with van der Waals surface area (Å²) < 4.78 is 12.9. The third-order valence-corrected chi connectivity index (χ3v) is 4.71. The third-order valence-electron chi connectivity index (χ3n) is 4.71. The highest BCUT2D eigenvalue weighted by Gasteiger charge is 2.20. The van der Waals surface area contributed by atoms with Crippen LogP contribution in [-0.4, -0.2) is 60.9 Å². The molecule has 2 aromatic carbocycles. The Morgan fingerprint density at radius 1 is 0.964 bits per heavy atom. The van der Waals surface area contributed by atoms with Gasteiger partial charge in [-0.05, 0) is 29.8 Å². The van der Waals surface area contributed by atoms with E-state index in [1.807, 2.05) is 18.2 Å². The molecule has 6 heteroatoms. The van der Waals surface area contributed by atoms with E-state index < -0.39 is 5.82 Å². The molecule has 0 bridgehead atoms. The number of halogens is 1. The monoisotopic (exact) mass is 381 g/mol. The quantitative estimate of drug-likeness (QED) is 0.836. The predicted molar refractivity (Wildman–Crippen MR) is 107 cm³/mol. The van der Waals surface area contributed by atoms with Gasteiger partial charge in [-0.3, -0.25) is 14.5 Å². The Hall–Kier alpha value is -2.99. The highest BCUT2D eigenvalue weighted by Crippen LogP contribution is 2.06. The fourth-order valence-electron chi connectivity index (χ4n) is 3.05. The molecule has 5 nitrogen and oxygen atoms in total. The number of nitrogens with zero attached hydrogens (tertiary/aromatic N) is 2. The van der Waals surface area contributed by atoms with Crippen LogP contribution in [0.4, 0.5) is 4.39 Å². The molecule has 28 heavy (non-hydrogen) atoms. The number of piperazine rings is 1. The number of carbonyl (C=O) groups is 2. The summed E-state index contributed by atoms with van der Waals surface area (Å²) in [7, 11) is 0. The third kappa shape index (κ3) is 5.76. The zero-order valence-electron chi connectivity index (χ0n) is 15.7. The van der Waals surface area contributed by atoms with Crippen molar-refractivity contribution in [1.29, 1.82) is 0 Å². The maximum Gasteiger partial charge on any atom is 0.251 e. The first kappa shape index (κ1) is 19.8. The van der Waals surface area contributed by atoms with Gasteiger partial charge in [0.25, 0.3) is 5.91 Å². The van der Waals surface area contributed by atoms with Gasteiger partial charge in [0.05, 0.1) is 6.54 Å². The van der Waals surface area contributed by atoms with Crippen LogP contribution < -0.4 is 5.32 Å². The van der Waals surface area contributed by atoms with Crippen molar-refractivity contribution in [2.24, 2.45) is 0 Å². The summed E-state index contributed by atoms with van der Waals surface area (Å²) in [6.45, 7) is 3.69. The Balaban J connectivity index is 1.38. The Bertz CT molecular complexity index is 813. The van der Waals surface area contributed by atoms with E-state index in [0.29, 0.717) is 18.7 Å². The summed E-state index contributed by atoms with van der Waals surface area (Å²) in [5.41, 5.74) is 1.51. The largest absolute Gasteiger partial charge is 0.343 e. The van der Waals surface area contributed by atoms with E-state index in [-0.39, 0.29) is 18.4 Å². The summed E-state index contributed by atoms with van der Waals surface area (Å²) >= 11 is 0. The standard InChI is InChI=1S/C22H24FN3O2/c23-20-10-8-19(9-11-20)22(28)24-17-21(27)26-15-13-25(14-16-26)12-4-7-18-5-2-1-3-6-18/h1-11H,12-17H2,(H,24,28). The van der Waals surface area contributed by atoms with Crippen molar-refractivity contribution in [3.8, 4) is 0 Å². The fraction of sp³-hybridized carbons (Fsp3) is 0.273. The van der Waals surface area contributed by atoms with E-state index in [0.717, 1.165) is 19.6 Å². The van der Waals surface area contributed by atoms with Crippen LogP contribution in [0.1, 0.15) is 15.9 Å². The molecule has 3 rings (SSSR count). The van der Waals surface area contributed by atoms with E-state index >= 15 is 0 Å². The summed E-state index contributed by atoms with van der Waals surface area (Å²) in [6.07, 6.45) is 4.23. The minimum atomic E-state index is -0.399. The summed E-state index contributed by atoms with van der Waals surface area (Å²) in [5, 5.41) is 2.60. The zero-order valence-corrected chi connectivity index (χ0v) is 15.7. The molecule has 0 aliphatic carbocycles. The molecule has 0 atom stereocenters. The summed E-state index contributed by atoms with van der Waals surface area (Å²) in [4.78, 5) is 28.4. The normalized spacial score (nSPS) is 15.0. The van der Waals surface area contributed by atoms with Gasteiger partial charge in [-0.1, -0.05) is 42.5 Å². The number of benzene rings is 2. The first-order valence-electron chi connectivity index (χ1n) is 9.37. The van der Waals surface area contributed by atoms with Gasteiger partial charge in [0.15, 0.2) is 0 Å². The first-order chi connectivity index (χ1) is 13.6. The number of amides is 2. The average Bonchev–Trinajstić information content (AvgIpc) is 2.73. The summed E-state index contributed by atoms with van der Waals surface area (Å²) in [6, 6.07) is 15.4. The lowest BCUT2D eigenvalue weighted by Gasteiger charge is -2.34. The molecule has 1 aliphatic heterocycles. The SMILES string of the molecule is O=C(NCC(=O)N1CCN(CC=Cc2ccccc2)CC1)c1ccc(F)cc1. The molecular formula is C22H24FN3O2. The van der Waals surface area contributed by atoms with Crippen LogP contribution in [0.15, 0.2) is 60.7 Å². The van der Waals surface area contributed by atoms with Crippen molar-refractivity contribution >= 4 is 17.9 Å². The second-order valence-corrected chi connectivity index (χ2v) is 6.68. The Morgan fingerprint density at radius 3 is 2.32 bits per heavy atom. The number of nitrogens with one attached hydrogen (secondary N) is 1. The maximum absolute atomic E-state index is 12.9. The van der Waals surface area contributed by atoms with E-state index in [2.05, 4.69) is 34.5 Å². The van der Waals surface area contributed by atoms with Gasteiger partial charge in [0, 0.05) is 38.3 Å². The highest BCUT2D eigenvalue weighted by molar-refractivity contribution is 5.96. The van der Waals surface area contributed by atoms with Crippen LogP contribution in [0.3, 0.4) is 0 Å². The van der Waals surface area contributed by atoms with E-state index in [1.54, 1.807) is 4.90 Å². The van der Waals surface area contributed by atoms with Crippen molar-refractivity contribution in [2.75, 3.05) is 39.3 Å². The highest BCUT2D eigenvalue weighted by atomic mass is 19.1. The molecule has 0 spiro atoms. The molecule has 1 heterocycles. The molecule has 0 saturated carbocycles. The van der Waals surface area contributed by atoms with Crippen molar-refractivity contribution in [2.45, 2.75) is 0 Å². The lowest BCUT2D eigenvalue weighted by Crippen LogP contribution is -2.51. The lowest BCUT2D eigenvalue weighted by molar-refractivity contribution is -0.131. The van der Waals surface area contributed by atoms with E-state index in [4.69, 9.17) is 0 Å². The molecule has 1 aliphatic rings. The van der Waals surface area contributed by atoms with E-state index in [1.165, 1.54) is 29.8 Å². The smallest absolute Gasteiger partial charge is 0.251 e. The fourth-order valence-corrected chi connectivity index (χ4v) is 3.05. The van der Waals surface area contributed by atoms with Crippen LogP contribution in [0.5, 0.6) is 0 Å². The van der Waals surface area contributed by atoms with Crippen molar-refractivity contribution in [3.63, 3.8) is 0 Å². The molecular weight excluding hydrogens is 357 g/mol. The van der Waals surface area contributed by atoms with Gasteiger partial charge in [0.1, 0.15) is 5.82 Å². The number of hydrogen-bond acceptors (Lipinski definition) is 3. The van der Waals surface area contributed by atoms with Crippen LogP contribution in [-0.2, 0) is 4.79 Å². The van der Waals surface area contributed by atoms with Crippen LogP contribution in [0.25, 0.3) is 6.08 Å². The molecule has 2 amide bonds. The van der Waals surface area contributed by atoms with E-state index in [9.17, 15) is 14.0 Å². The molecule has 0 unspecified atom stereocenters. The van der Waals surface area contributed by atoms with Crippen LogP contribution in [0, 0.1) is 5.82 Å².